The molecule has 0 aliphatic carbocycles. The van der Waals surface area contributed by atoms with Gasteiger partial charge < -0.3 is 5.32 Å². The third-order valence-electron chi connectivity index (χ3n) is 3.45. The fourth-order valence-corrected chi connectivity index (χ4v) is 3.75. The van der Waals surface area contributed by atoms with Crippen molar-refractivity contribution in [3.05, 3.63) is 45.4 Å². The molecule has 0 unspecified atom stereocenters. The molecule has 1 aliphatic heterocycles. The van der Waals surface area contributed by atoms with E-state index in [1.54, 1.807) is 11.3 Å². The first kappa shape index (κ1) is 14.5. The number of thiazole rings is 1. The molecule has 1 aliphatic rings. The summed E-state index contributed by atoms with van der Waals surface area (Å²) >= 11 is 7.79. The average Bonchev–Trinajstić information content (AvgIpc) is 2.82. The van der Waals surface area contributed by atoms with Crippen molar-refractivity contribution in [2.24, 2.45) is 0 Å². The van der Waals surface area contributed by atoms with Gasteiger partial charge in [-0.1, -0.05) is 29.8 Å². The van der Waals surface area contributed by atoms with Gasteiger partial charge in [0.05, 0.1) is 5.69 Å². The van der Waals surface area contributed by atoms with Gasteiger partial charge in [-0.05, 0) is 11.6 Å². The molecule has 0 fully saturated rings. The predicted octanol–water partition coefficient (Wildman–Crippen LogP) is 3.31. The van der Waals surface area contributed by atoms with Crippen molar-refractivity contribution >= 4 is 34.0 Å². The Balaban J connectivity index is 1.71. The molecule has 110 valence electrons. The van der Waals surface area contributed by atoms with Crippen molar-refractivity contribution in [3.63, 3.8) is 0 Å². The molecule has 0 saturated heterocycles. The number of aromatic nitrogens is 1. The lowest BCUT2D eigenvalue weighted by Gasteiger charge is -2.26. The second-order valence-corrected chi connectivity index (χ2v) is 6.61. The smallest absolute Gasteiger partial charge is 0.223 e. The Labute approximate surface area is 132 Å². The Morgan fingerprint density at radius 2 is 2.29 bits per heavy atom. The van der Waals surface area contributed by atoms with Crippen LogP contribution < -0.4 is 5.32 Å². The van der Waals surface area contributed by atoms with Crippen LogP contribution >= 0.6 is 22.9 Å². The van der Waals surface area contributed by atoms with E-state index in [4.69, 9.17) is 11.6 Å². The topological polar surface area (TPSA) is 45.2 Å². The van der Waals surface area contributed by atoms with Crippen molar-refractivity contribution in [1.82, 2.24) is 9.88 Å². The lowest BCUT2D eigenvalue weighted by atomic mass is 10.1. The minimum Gasteiger partial charge on any atom is -0.302 e. The van der Waals surface area contributed by atoms with Crippen LogP contribution in [0.5, 0.6) is 0 Å². The highest BCUT2D eigenvalue weighted by atomic mass is 35.5. The van der Waals surface area contributed by atoms with Crippen LogP contribution in [-0.2, 0) is 24.3 Å². The Morgan fingerprint density at radius 1 is 1.48 bits per heavy atom. The molecule has 1 aromatic carbocycles. The summed E-state index contributed by atoms with van der Waals surface area (Å²) in [5.41, 5.74) is 2.26. The maximum atomic E-state index is 11.1. The second-order valence-electron chi connectivity index (χ2n) is 5.12. The van der Waals surface area contributed by atoms with E-state index in [-0.39, 0.29) is 5.91 Å². The summed E-state index contributed by atoms with van der Waals surface area (Å²) in [6.07, 6.45) is 0.913. The van der Waals surface area contributed by atoms with Gasteiger partial charge >= 0.3 is 0 Å². The van der Waals surface area contributed by atoms with Crippen LogP contribution in [0.15, 0.2) is 24.3 Å². The SMILES string of the molecule is CC(=O)Nc1nc2c(s1)CN(Cc1ccccc1Cl)CC2. The maximum Gasteiger partial charge on any atom is 0.223 e. The quantitative estimate of drug-likeness (QED) is 0.943. The average molecular weight is 322 g/mol. The first-order valence-corrected chi connectivity index (χ1v) is 8.03. The van der Waals surface area contributed by atoms with Crippen LogP contribution in [0, 0.1) is 0 Å². The van der Waals surface area contributed by atoms with E-state index < -0.39 is 0 Å². The summed E-state index contributed by atoms with van der Waals surface area (Å²) in [7, 11) is 0. The maximum absolute atomic E-state index is 11.1. The lowest BCUT2D eigenvalue weighted by Crippen LogP contribution is -2.29. The highest BCUT2D eigenvalue weighted by Gasteiger charge is 2.21. The van der Waals surface area contributed by atoms with E-state index in [0.29, 0.717) is 5.13 Å². The molecule has 6 heteroatoms. The van der Waals surface area contributed by atoms with Crippen LogP contribution in [0.25, 0.3) is 0 Å². The van der Waals surface area contributed by atoms with Gasteiger partial charge in [0.25, 0.3) is 0 Å². The Morgan fingerprint density at radius 3 is 3.05 bits per heavy atom. The van der Waals surface area contributed by atoms with Crippen LogP contribution in [0.1, 0.15) is 23.1 Å². The highest BCUT2D eigenvalue weighted by Crippen LogP contribution is 2.29. The van der Waals surface area contributed by atoms with Crippen molar-refractivity contribution in [2.75, 3.05) is 11.9 Å². The van der Waals surface area contributed by atoms with Crippen LogP contribution in [0.2, 0.25) is 5.02 Å². The van der Waals surface area contributed by atoms with Crippen molar-refractivity contribution in [2.45, 2.75) is 26.4 Å². The summed E-state index contributed by atoms with van der Waals surface area (Å²) < 4.78 is 0. The number of rotatable bonds is 3. The van der Waals surface area contributed by atoms with Crippen LogP contribution in [0.3, 0.4) is 0 Å². The fraction of sp³-hybridized carbons (Fsp3) is 0.333. The summed E-state index contributed by atoms with van der Waals surface area (Å²) in [5.74, 6) is -0.0750. The molecule has 0 spiro atoms. The van der Waals surface area contributed by atoms with Crippen molar-refractivity contribution < 1.29 is 4.79 Å². The van der Waals surface area contributed by atoms with E-state index in [0.717, 1.165) is 42.3 Å². The molecule has 1 amide bonds. The molecule has 0 bridgehead atoms. The van der Waals surface area contributed by atoms with Gasteiger partial charge in [-0.25, -0.2) is 4.98 Å². The number of nitrogens with one attached hydrogen (secondary N) is 1. The number of nitrogens with zero attached hydrogens (tertiary/aromatic N) is 2. The Bertz CT molecular complexity index is 671. The molecule has 21 heavy (non-hydrogen) atoms. The third-order valence-corrected chi connectivity index (χ3v) is 4.81. The number of anilines is 1. The van der Waals surface area contributed by atoms with Crippen LogP contribution in [-0.4, -0.2) is 22.3 Å². The van der Waals surface area contributed by atoms with Crippen molar-refractivity contribution in [3.8, 4) is 0 Å². The molecular weight excluding hydrogens is 306 g/mol. The number of hydrogen-bond donors (Lipinski definition) is 1. The van der Waals surface area contributed by atoms with E-state index in [9.17, 15) is 4.79 Å². The third kappa shape index (κ3) is 3.43. The minimum atomic E-state index is -0.0750. The molecule has 0 radical (unpaired) electrons. The molecule has 2 aromatic rings. The number of carbonyl (C=O) groups excluding carboxylic acids is 1. The number of fused-ring (bicyclic) bond motifs is 1. The van der Waals surface area contributed by atoms with Crippen LogP contribution in [0.4, 0.5) is 5.13 Å². The number of hydrogen-bond acceptors (Lipinski definition) is 4. The van der Waals surface area contributed by atoms with Gasteiger partial charge in [0.2, 0.25) is 5.91 Å². The normalized spacial score (nSPS) is 14.8. The molecule has 1 aromatic heterocycles. The molecule has 3 rings (SSSR count). The van der Waals surface area contributed by atoms with E-state index >= 15 is 0 Å². The zero-order valence-corrected chi connectivity index (χ0v) is 13.3. The fourth-order valence-electron chi connectivity index (χ4n) is 2.45. The number of halogens is 1. The molecule has 1 N–H and O–H groups in total. The van der Waals surface area contributed by atoms with Gasteiger partial charge in [-0.3, -0.25) is 9.69 Å². The van der Waals surface area contributed by atoms with E-state index in [2.05, 4.69) is 21.3 Å². The molecule has 2 heterocycles. The second kappa shape index (κ2) is 6.13. The largest absolute Gasteiger partial charge is 0.302 e. The summed E-state index contributed by atoms with van der Waals surface area (Å²) in [5, 5.41) is 4.28. The Hall–Kier alpha value is -1.43. The highest BCUT2D eigenvalue weighted by molar-refractivity contribution is 7.15. The van der Waals surface area contributed by atoms with Gasteiger partial charge in [-0.2, -0.15) is 0 Å². The first-order chi connectivity index (χ1) is 10.1. The zero-order chi connectivity index (χ0) is 14.8. The van der Waals surface area contributed by atoms with E-state index in [1.807, 2.05) is 18.2 Å². The number of carbonyl (C=O) groups is 1. The Kier molecular flexibility index (Phi) is 4.24. The lowest BCUT2D eigenvalue weighted by molar-refractivity contribution is -0.114. The van der Waals surface area contributed by atoms with E-state index in [1.165, 1.54) is 11.8 Å². The van der Waals surface area contributed by atoms with Gasteiger partial charge in [0.15, 0.2) is 5.13 Å². The predicted molar refractivity (Wildman–Crippen MR) is 85.7 cm³/mol. The zero-order valence-electron chi connectivity index (χ0n) is 11.7. The molecule has 4 nitrogen and oxygen atoms in total. The first-order valence-electron chi connectivity index (χ1n) is 6.84. The minimum absolute atomic E-state index is 0.0750. The summed E-state index contributed by atoms with van der Waals surface area (Å²) in [4.78, 5) is 19.2. The standard InChI is InChI=1S/C15H16ClN3OS/c1-10(20)17-15-18-13-6-7-19(9-14(13)21-15)8-11-4-2-3-5-12(11)16/h2-5H,6-9H2,1H3,(H,17,18,20). The monoisotopic (exact) mass is 321 g/mol. The number of amides is 1. The molecule has 0 saturated carbocycles. The van der Waals surface area contributed by atoms with Gasteiger partial charge in [0, 0.05) is 42.9 Å². The van der Waals surface area contributed by atoms with Gasteiger partial charge in [-0.15, -0.1) is 11.3 Å². The molecule has 0 atom stereocenters. The summed E-state index contributed by atoms with van der Waals surface area (Å²) in [6.45, 7) is 4.16. The number of benzene rings is 1. The van der Waals surface area contributed by atoms with Gasteiger partial charge in [0.1, 0.15) is 0 Å². The molecular formula is C15H16ClN3OS. The van der Waals surface area contributed by atoms with Crippen molar-refractivity contribution in [1.29, 1.82) is 0 Å². The summed E-state index contributed by atoms with van der Waals surface area (Å²) in [6, 6.07) is 7.95.